The van der Waals surface area contributed by atoms with E-state index in [4.69, 9.17) is 11.6 Å². The van der Waals surface area contributed by atoms with Crippen LogP contribution in [0, 0.1) is 10.1 Å². The van der Waals surface area contributed by atoms with Crippen LogP contribution in [0.4, 0.5) is 11.4 Å². The zero-order valence-corrected chi connectivity index (χ0v) is 13.8. The van der Waals surface area contributed by atoms with Gasteiger partial charge in [0.15, 0.2) is 0 Å². The van der Waals surface area contributed by atoms with E-state index in [1.165, 1.54) is 18.2 Å². The molecule has 0 unspecified atom stereocenters. The third-order valence-electron chi connectivity index (χ3n) is 3.39. The highest BCUT2D eigenvalue weighted by atomic mass is 35.5. The Balaban J connectivity index is 2.38. The first-order chi connectivity index (χ1) is 10.7. The van der Waals surface area contributed by atoms with Crippen molar-refractivity contribution in [2.75, 3.05) is 5.32 Å². The molecule has 0 atom stereocenters. The minimum absolute atomic E-state index is 0.0737. The Morgan fingerprint density at radius 2 is 1.83 bits per heavy atom. The summed E-state index contributed by atoms with van der Waals surface area (Å²) in [5, 5.41) is 13.8. The molecule has 0 aromatic heterocycles. The summed E-state index contributed by atoms with van der Waals surface area (Å²) in [4.78, 5) is 22.8. The van der Waals surface area contributed by atoms with Gasteiger partial charge in [0.25, 0.3) is 11.6 Å². The van der Waals surface area contributed by atoms with E-state index in [-0.39, 0.29) is 21.7 Å². The van der Waals surface area contributed by atoms with Crippen molar-refractivity contribution >= 4 is 28.9 Å². The van der Waals surface area contributed by atoms with Gasteiger partial charge >= 0.3 is 0 Å². The molecule has 120 valence electrons. The SMILES string of the molecule is CC(C)(C)c1ccccc1NC(=O)c1cc([N+](=O)[O-])ccc1Cl. The second-order valence-corrected chi connectivity index (χ2v) is 6.58. The summed E-state index contributed by atoms with van der Waals surface area (Å²) in [6, 6.07) is 11.2. The first kappa shape index (κ1) is 17.0. The molecule has 0 aliphatic heterocycles. The lowest BCUT2D eigenvalue weighted by molar-refractivity contribution is -0.384. The fourth-order valence-corrected chi connectivity index (χ4v) is 2.44. The maximum atomic E-state index is 12.5. The third kappa shape index (κ3) is 3.87. The minimum atomic E-state index is -0.559. The number of para-hydroxylation sites is 1. The number of non-ortho nitro benzene ring substituents is 1. The highest BCUT2D eigenvalue weighted by Crippen LogP contribution is 2.30. The third-order valence-corrected chi connectivity index (χ3v) is 3.72. The van der Waals surface area contributed by atoms with Gasteiger partial charge in [0.2, 0.25) is 0 Å². The van der Waals surface area contributed by atoms with Crippen LogP contribution in [0.3, 0.4) is 0 Å². The Kier molecular flexibility index (Phi) is 4.71. The van der Waals surface area contributed by atoms with Crippen LogP contribution in [0.5, 0.6) is 0 Å². The number of halogens is 1. The Bertz CT molecular complexity index is 767. The van der Waals surface area contributed by atoms with E-state index in [0.717, 1.165) is 5.56 Å². The summed E-state index contributed by atoms with van der Waals surface area (Å²) >= 11 is 6.01. The van der Waals surface area contributed by atoms with Crippen LogP contribution in [0.1, 0.15) is 36.7 Å². The van der Waals surface area contributed by atoms with E-state index >= 15 is 0 Å². The van der Waals surface area contributed by atoms with Crippen LogP contribution >= 0.6 is 11.6 Å². The number of nitro groups is 1. The van der Waals surface area contributed by atoms with Gasteiger partial charge < -0.3 is 5.32 Å². The van der Waals surface area contributed by atoms with E-state index in [1.54, 1.807) is 6.07 Å². The number of nitrogens with one attached hydrogen (secondary N) is 1. The average Bonchev–Trinajstić information content (AvgIpc) is 2.46. The smallest absolute Gasteiger partial charge is 0.270 e. The monoisotopic (exact) mass is 332 g/mol. The molecule has 0 bridgehead atoms. The molecule has 0 aliphatic carbocycles. The topological polar surface area (TPSA) is 72.2 Å². The summed E-state index contributed by atoms with van der Waals surface area (Å²) in [5.74, 6) is -0.476. The predicted molar refractivity (Wildman–Crippen MR) is 91.2 cm³/mol. The Morgan fingerprint density at radius 1 is 1.17 bits per heavy atom. The van der Waals surface area contributed by atoms with Crippen molar-refractivity contribution in [3.8, 4) is 0 Å². The number of hydrogen-bond acceptors (Lipinski definition) is 3. The molecule has 0 spiro atoms. The normalized spacial score (nSPS) is 11.1. The number of benzene rings is 2. The molecule has 0 fully saturated rings. The van der Waals surface area contributed by atoms with Gasteiger partial charge in [-0.2, -0.15) is 0 Å². The number of nitrogens with zero attached hydrogens (tertiary/aromatic N) is 1. The summed E-state index contributed by atoms with van der Waals surface area (Å²) in [5.41, 5.74) is 1.37. The zero-order valence-electron chi connectivity index (χ0n) is 13.1. The molecule has 6 heteroatoms. The van der Waals surface area contributed by atoms with E-state index in [0.29, 0.717) is 5.69 Å². The van der Waals surface area contributed by atoms with Gasteiger partial charge in [-0.15, -0.1) is 0 Å². The summed E-state index contributed by atoms with van der Waals surface area (Å²) < 4.78 is 0. The van der Waals surface area contributed by atoms with Crippen molar-refractivity contribution in [1.82, 2.24) is 0 Å². The highest BCUT2D eigenvalue weighted by Gasteiger charge is 2.21. The Morgan fingerprint density at radius 3 is 2.43 bits per heavy atom. The highest BCUT2D eigenvalue weighted by molar-refractivity contribution is 6.34. The number of hydrogen-bond donors (Lipinski definition) is 1. The molecule has 1 N–H and O–H groups in total. The van der Waals surface area contributed by atoms with Crippen LogP contribution in [0.15, 0.2) is 42.5 Å². The lowest BCUT2D eigenvalue weighted by Gasteiger charge is -2.23. The average molecular weight is 333 g/mol. The molecule has 23 heavy (non-hydrogen) atoms. The Hall–Kier alpha value is -2.40. The number of carbonyl (C=O) groups excluding carboxylic acids is 1. The number of amides is 1. The van der Waals surface area contributed by atoms with Gasteiger partial charge in [0.1, 0.15) is 0 Å². The molecule has 0 heterocycles. The van der Waals surface area contributed by atoms with Crippen molar-refractivity contribution < 1.29 is 9.72 Å². The van der Waals surface area contributed by atoms with Crippen molar-refractivity contribution in [2.24, 2.45) is 0 Å². The largest absolute Gasteiger partial charge is 0.322 e. The summed E-state index contributed by atoms with van der Waals surface area (Å²) in [6.45, 7) is 6.12. The molecule has 5 nitrogen and oxygen atoms in total. The Labute approximate surface area is 139 Å². The van der Waals surface area contributed by atoms with Gasteiger partial charge in [-0.3, -0.25) is 14.9 Å². The van der Waals surface area contributed by atoms with Crippen molar-refractivity contribution in [3.05, 3.63) is 68.7 Å². The fourth-order valence-electron chi connectivity index (χ4n) is 2.24. The fraction of sp³-hybridized carbons (Fsp3) is 0.235. The number of anilines is 1. The maximum absolute atomic E-state index is 12.5. The maximum Gasteiger partial charge on any atom is 0.270 e. The quantitative estimate of drug-likeness (QED) is 0.648. The molecule has 1 amide bonds. The predicted octanol–water partition coefficient (Wildman–Crippen LogP) is 4.80. The molecular formula is C17H17ClN2O3. The molecule has 0 saturated carbocycles. The van der Waals surface area contributed by atoms with Crippen LogP contribution in [0.2, 0.25) is 5.02 Å². The summed E-state index contributed by atoms with van der Waals surface area (Å²) in [7, 11) is 0. The van der Waals surface area contributed by atoms with Crippen molar-refractivity contribution in [1.29, 1.82) is 0 Å². The van der Waals surface area contributed by atoms with Crippen LogP contribution in [-0.4, -0.2) is 10.8 Å². The lowest BCUT2D eigenvalue weighted by Crippen LogP contribution is -2.19. The lowest BCUT2D eigenvalue weighted by atomic mass is 9.86. The number of rotatable bonds is 3. The first-order valence-corrected chi connectivity index (χ1v) is 7.43. The molecule has 2 aromatic rings. The molecule has 0 saturated heterocycles. The molecule has 0 aliphatic rings. The molecule has 2 aromatic carbocycles. The van der Waals surface area contributed by atoms with E-state index in [9.17, 15) is 14.9 Å². The van der Waals surface area contributed by atoms with Crippen molar-refractivity contribution in [2.45, 2.75) is 26.2 Å². The zero-order chi connectivity index (χ0) is 17.2. The van der Waals surface area contributed by atoms with E-state index in [2.05, 4.69) is 5.32 Å². The van der Waals surface area contributed by atoms with Gasteiger partial charge in [-0.25, -0.2) is 0 Å². The van der Waals surface area contributed by atoms with E-state index in [1.807, 2.05) is 39.0 Å². The first-order valence-electron chi connectivity index (χ1n) is 7.05. The summed E-state index contributed by atoms with van der Waals surface area (Å²) in [6.07, 6.45) is 0. The minimum Gasteiger partial charge on any atom is -0.322 e. The van der Waals surface area contributed by atoms with E-state index < -0.39 is 10.8 Å². The van der Waals surface area contributed by atoms with Gasteiger partial charge in [-0.1, -0.05) is 50.6 Å². The second-order valence-electron chi connectivity index (χ2n) is 6.17. The van der Waals surface area contributed by atoms with Crippen molar-refractivity contribution in [3.63, 3.8) is 0 Å². The number of nitro benzene ring substituents is 1. The van der Waals surface area contributed by atoms with Crippen LogP contribution < -0.4 is 5.32 Å². The molecule has 2 rings (SSSR count). The molecule has 0 radical (unpaired) electrons. The van der Waals surface area contributed by atoms with Gasteiger partial charge in [0.05, 0.1) is 15.5 Å². The molecular weight excluding hydrogens is 316 g/mol. The van der Waals surface area contributed by atoms with Crippen LogP contribution in [-0.2, 0) is 5.41 Å². The second kappa shape index (κ2) is 6.38. The number of carbonyl (C=O) groups is 1. The van der Waals surface area contributed by atoms with Gasteiger partial charge in [-0.05, 0) is 23.1 Å². The van der Waals surface area contributed by atoms with Gasteiger partial charge in [0, 0.05) is 17.8 Å². The standard InChI is InChI=1S/C17H17ClN2O3/c1-17(2,3)13-6-4-5-7-15(13)19-16(21)12-10-11(20(22)23)8-9-14(12)18/h4-10H,1-3H3,(H,19,21). The van der Waals surface area contributed by atoms with Crippen LogP contribution in [0.25, 0.3) is 0 Å².